The van der Waals surface area contributed by atoms with Gasteiger partial charge in [-0.2, -0.15) is 0 Å². The van der Waals surface area contributed by atoms with Crippen molar-refractivity contribution in [1.29, 1.82) is 0 Å². The van der Waals surface area contributed by atoms with Crippen LogP contribution in [0, 0.1) is 0 Å². The zero-order valence-electron chi connectivity index (χ0n) is 10.7. The maximum absolute atomic E-state index is 11.7. The standard InChI is InChI=1S/C12H19N3O3/c1-3-15(4-2)11(16)8-14-12(17)10-6-5-9(7-13)18-10/h5-6H,3-4,7-8,13H2,1-2H3,(H,14,17). The molecule has 0 atom stereocenters. The molecular weight excluding hydrogens is 234 g/mol. The van der Waals surface area contributed by atoms with E-state index in [1.807, 2.05) is 13.8 Å². The lowest BCUT2D eigenvalue weighted by molar-refractivity contribution is -0.129. The number of hydrogen-bond donors (Lipinski definition) is 2. The number of amides is 2. The normalized spacial score (nSPS) is 10.2. The lowest BCUT2D eigenvalue weighted by Crippen LogP contribution is -2.39. The molecule has 0 radical (unpaired) electrons. The fourth-order valence-electron chi connectivity index (χ4n) is 1.54. The Hall–Kier alpha value is -1.82. The number of rotatable bonds is 6. The van der Waals surface area contributed by atoms with Crippen LogP contribution < -0.4 is 11.1 Å². The third-order valence-corrected chi connectivity index (χ3v) is 2.60. The van der Waals surface area contributed by atoms with Gasteiger partial charge in [0.1, 0.15) is 5.76 Å². The Balaban J connectivity index is 2.48. The summed E-state index contributed by atoms with van der Waals surface area (Å²) < 4.78 is 5.18. The summed E-state index contributed by atoms with van der Waals surface area (Å²) in [7, 11) is 0. The second-order valence-corrected chi connectivity index (χ2v) is 3.72. The minimum atomic E-state index is -0.407. The quantitative estimate of drug-likeness (QED) is 0.765. The van der Waals surface area contributed by atoms with Gasteiger partial charge in [0.15, 0.2) is 5.76 Å². The molecule has 3 N–H and O–H groups in total. The van der Waals surface area contributed by atoms with E-state index in [-0.39, 0.29) is 24.8 Å². The van der Waals surface area contributed by atoms with Crippen LogP contribution in [0.15, 0.2) is 16.5 Å². The van der Waals surface area contributed by atoms with Gasteiger partial charge in [-0.05, 0) is 26.0 Å². The molecular formula is C12H19N3O3. The molecule has 0 saturated heterocycles. The molecule has 0 unspecified atom stereocenters. The predicted octanol–water partition coefficient (Wildman–Crippen LogP) is 0.336. The number of likely N-dealkylation sites (N-methyl/N-ethyl adjacent to an activating group) is 1. The fraction of sp³-hybridized carbons (Fsp3) is 0.500. The smallest absolute Gasteiger partial charge is 0.287 e. The first kappa shape index (κ1) is 14.2. The highest BCUT2D eigenvalue weighted by molar-refractivity contribution is 5.94. The molecule has 1 heterocycles. The van der Waals surface area contributed by atoms with E-state index in [2.05, 4.69) is 5.32 Å². The highest BCUT2D eigenvalue weighted by Gasteiger charge is 2.14. The van der Waals surface area contributed by atoms with Crippen molar-refractivity contribution < 1.29 is 14.0 Å². The average molecular weight is 253 g/mol. The highest BCUT2D eigenvalue weighted by Crippen LogP contribution is 2.06. The second kappa shape index (κ2) is 6.80. The topological polar surface area (TPSA) is 88.6 Å². The van der Waals surface area contributed by atoms with Crippen molar-refractivity contribution in [2.24, 2.45) is 5.73 Å². The van der Waals surface area contributed by atoms with Crippen molar-refractivity contribution in [3.63, 3.8) is 0 Å². The van der Waals surface area contributed by atoms with Crippen LogP contribution in [0.25, 0.3) is 0 Å². The van der Waals surface area contributed by atoms with Crippen LogP contribution in [0.3, 0.4) is 0 Å². The highest BCUT2D eigenvalue weighted by atomic mass is 16.4. The van der Waals surface area contributed by atoms with E-state index >= 15 is 0 Å². The first-order valence-corrected chi connectivity index (χ1v) is 5.97. The summed E-state index contributed by atoms with van der Waals surface area (Å²) >= 11 is 0. The molecule has 6 nitrogen and oxygen atoms in total. The van der Waals surface area contributed by atoms with Gasteiger partial charge in [0.2, 0.25) is 5.91 Å². The van der Waals surface area contributed by atoms with Crippen molar-refractivity contribution >= 4 is 11.8 Å². The van der Waals surface area contributed by atoms with Gasteiger partial charge in [-0.3, -0.25) is 9.59 Å². The van der Waals surface area contributed by atoms with Crippen LogP contribution in [0.1, 0.15) is 30.2 Å². The lowest BCUT2D eigenvalue weighted by Gasteiger charge is -2.18. The van der Waals surface area contributed by atoms with Gasteiger partial charge in [0.25, 0.3) is 5.91 Å². The molecule has 18 heavy (non-hydrogen) atoms. The summed E-state index contributed by atoms with van der Waals surface area (Å²) in [6.07, 6.45) is 0. The van der Waals surface area contributed by atoms with Gasteiger partial charge < -0.3 is 20.4 Å². The van der Waals surface area contributed by atoms with Gasteiger partial charge in [-0.1, -0.05) is 0 Å². The first-order chi connectivity index (χ1) is 8.62. The number of hydrogen-bond acceptors (Lipinski definition) is 4. The van der Waals surface area contributed by atoms with Gasteiger partial charge in [-0.25, -0.2) is 0 Å². The third-order valence-electron chi connectivity index (χ3n) is 2.60. The lowest BCUT2D eigenvalue weighted by atomic mass is 10.4. The van der Waals surface area contributed by atoms with Gasteiger partial charge in [0, 0.05) is 13.1 Å². The Morgan fingerprint density at radius 3 is 2.50 bits per heavy atom. The Kier molecular flexibility index (Phi) is 5.38. The second-order valence-electron chi connectivity index (χ2n) is 3.72. The third kappa shape index (κ3) is 3.59. The number of nitrogens with zero attached hydrogens (tertiary/aromatic N) is 1. The molecule has 1 aromatic rings. The Labute approximate surface area is 106 Å². The van der Waals surface area contributed by atoms with Crippen LogP contribution in [-0.4, -0.2) is 36.3 Å². The number of carbonyl (C=O) groups is 2. The summed E-state index contributed by atoms with van der Waals surface area (Å²) in [6.45, 7) is 5.25. The van der Waals surface area contributed by atoms with Crippen LogP contribution in [0.4, 0.5) is 0 Å². The van der Waals surface area contributed by atoms with E-state index in [9.17, 15) is 9.59 Å². The summed E-state index contributed by atoms with van der Waals surface area (Å²) in [5.41, 5.74) is 5.38. The SMILES string of the molecule is CCN(CC)C(=O)CNC(=O)c1ccc(CN)o1. The number of nitrogens with two attached hydrogens (primary N) is 1. The van der Waals surface area contributed by atoms with Crippen molar-refractivity contribution in [2.45, 2.75) is 20.4 Å². The number of nitrogens with one attached hydrogen (secondary N) is 1. The Morgan fingerprint density at radius 1 is 1.33 bits per heavy atom. The van der Waals surface area contributed by atoms with E-state index in [1.165, 1.54) is 0 Å². The molecule has 0 aliphatic carbocycles. The summed E-state index contributed by atoms with van der Waals surface area (Å²) in [5, 5.41) is 2.52. The van der Waals surface area contributed by atoms with E-state index in [4.69, 9.17) is 10.2 Å². The van der Waals surface area contributed by atoms with Crippen LogP contribution in [0.5, 0.6) is 0 Å². The summed E-state index contributed by atoms with van der Waals surface area (Å²) in [6, 6.07) is 3.18. The van der Waals surface area contributed by atoms with E-state index in [1.54, 1.807) is 17.0 Å². The van der Waals surface area contributed by atoms with Crippen LogP contribution in [0.2, 0.25) is 0 Å². The molecule has 0 spiro atoms. The summed E-state index contributed by atoms with van der Waals surface area (Å²) in [5.74, 6) is 0.187. The maximum Gasteiger partial charge on any atom is 0.287 e. The van der Waals surface area contributed by atoms with E-state index in [0.717, 1.165) is 0 Å². The number of furan rings is 1. The molecule has 0 aliphatic heterocycles. The van der Waals surface area contributed by atoms with Crippen molar-refractivity contribution in [2.75, 3.05) is 19.6 Å². The Bertz CT molecular complexity index is 410. The van der Waals surface area contributed by atoms with Gasteiger partial charge in [0.05, 0.1) is 13.1 Å². The van der Waals surface area contributed by atoms with E-state index < -0.39 is 5.91 Å². The van der Waals surface area contributed by atoms with Crippen LogP contribution in [-0.2, 0) is 11.3 Å². The molecule has 0 aromatic carbocycles. The van der Waals surface area contributed by atoms with Crippen LogP contribution >= 0.6 is 0 Å². The maximum atomic E-state index is 11.7. The van der Waals surface area contributed by atoms with Crippen molar-refractivity contribution in [3.05, 3.63) is 23.7 Å². The first-order valence-electron chi connectivity index (χ1n) is 5.97. The monoisotopic (exact) mass is 253 g/mol. The molecule has 1 rings (SSSR count). The van der Waals surface area contributed by atoms with Crippen molar-refractivity contribution in [1.82, 2.24) is 10.2 Å². The molecule has 6 heteroatoms. The minimum Gasteiger partial charge on any atom is -0.455 e. The molecule has 0 bridgehead atoms. The molecule has 0 fully saturated rings. The largest absolute Gasteiger partial charge is 0.455 e. The van der Waals surface area contributed by atoms with Gasteiger partial charge in [-0.15, -0.1) is 0 Å². The molecule has 2 amide bonds. The van der Waals surface area contributed by atoms with Gasteiger partial charge >= 0.3 is 0 Å². The molecule has 100 valence electrons. The number of carbonyl (C=O) groups excluding carboxylic acids is 2. The molecule has 1 aromatic heterocycles. The van der Waals surface area contributed by atoms with Crippen molar-refractivity contribution in [3.8, 4) is 0 Å². The molecule has 0 aliphatic rings. The Morgan fingerprint density at radius 2 is 2.00 bits per heavy atom. The fourth-order valence-corrected chi connectivity index (χ4v) is 1.54. The average Bonchev–Trinajstić information content (AvgIpc) is 2.86. The zero-order valence-corrected chi connectivity index (χ0v) is 10.7. The van der Waals surface area contributed by atoms with E-state index in [0.29, 0.717) is 18.8 Å². The predicted molar refractivity (Wildman–Crippen MR) is 66.9 cm³/mol. The zero-order chi connectivity index (χ0) is 13.5. The molecule has 0 saturated carbocycles. The summed E-state index contributed by atoms with van der Waals surface area (Å²) in [4.78, 5) is 25.0. The minimum absolute atomic E-state index is 0.0286.